The molecule has 0 aromatic heterocycles. The molecular formula is C19H26N2O5. The molecule has 0 bridgehead atoms. The molecule has 0 saturated carbocycles. The van der Waals surface area contributed by atoms with Crippen molar-refractivity contribution in [3.63, 3.8) is 0 Å². The van der Waals surface area contributed by atoms with Crippen LogP contribution in [-0.4, -0.2) is 32.3 Å². The molecule has 7 nitrogen and oxygen atoms in total. The summed E-state index contributed by atoms with van der Waals surface area (Å²) in [7, 11) is 1.55. The van der Waals surface area contributed by atoms with Gasteiger partial charge in [-0.1, -0.05) is 19.9 Å². The van der Waals surface area contributed by atoms with Gasteiger partial charge in [-0.15, -0.1) is 0 Å². The number of amides is 2. The van der Waals surface area contributed by atoms with E-state index in [0.717, 1.165) is 0 Å². The third kappa shape index (κ3) is 4.09. The molecule has 1 aliphatic rings. The van der Waals surface area contributed by atoms with E-state index >= 15 is 0 Å². The number of allylic oxidation sites excluding steroid dienone is 1. The number of hydrogen-bond donors (Lipinski definition) is 2. The number of methoxy groups -OCH3 is 1. The van der Waals surface area contributed by atoms with Crippen molar-refractivity contribution < 1.29 is 23.8 Å². The molecule has 7 heteroatoms. The molecule has 1 atom stereocenters. The number of carbonyl (C=O) groups excluding carboxylic acids is 2. The number of urea groups is 1. The van der Waals surface area contributed by atoms with Crippen LogP contribution in [-0.2, 0) is 9.53 Å². The normalized spacial score (nSPS) is 16.8. The Morgan fingerprint density at radius 3 is 2.50 bits per heavy atom. The second kappa shape index (κ2) is 8.60. The van der Waals surface area contributed by atoms with Gasteiger partial charge in [-0.25, -0.2) is 9.59 Å². The zero-order valence-corrected chi connectivity index (χ0v) is 15.8. The fraction of sp³-hybridized carbons (Fsp3) is 0.474. The highest BCUT2D eigenvalue weighted by molar-refractivity contribution is 5.95. The first kappa shape index (κ1) is 19.6. The number of hydrogen-bond acceptors (Lipinski definition) is 5. The lowest BCUT2D eigenvalue weighted by molar-refractivity contribution is -0.139. The Balaban J connectivity index is 2.55. The summed E-state index contributed by atoms with van der Waals surface area (Å²) in [6.45, 7) is 8.21. The first-order valence-corrected chi connectivity index (χ1v) is 8.72. The van der Waals surface area contributed by atoms with E-state index in [1.807, 2.05) is 20.8 Å². The van der Waals surface area contributed by atoms with Crippen molar-refractivity contribution in [3.8, 4) is 11.5 Å². The minimum atomic E-state index is -0.634. The lowest BCUT2D eigenvalue weighted by Gasteiger charge is -2.31. The Morgan fingerprint density at radius 1 is 1.19 bits per heavy atom. The van der Waals surface area contributed by atoms with Crippen LogP contribution in [0.25, 0.3) is 0 Å². The van der Waals surface area contributed by atoms with Crippen molar-refractivity contribution in [2.45, 2.75) is 33.7 Å². The van der Waals surface area contributed by atoms with E-state index in [1.54, 1.807) is 32.2 Å². The highest BCUT2D eigenvalue weighted by Gasteiger charge is 2.35. The Hall–Kier alpha value is -2.70. The Bertz CT molecular complexity index is 712. The summed E-state index contributed by atoms with van der Waals surface area (Å²) in [6.07, 6.45) is 0. The first-order valence-electron chi connectivity index (χ1n) is 8.72. The van der Waals surface area contributed by atoms with Gasteiger partial charge in [0.25, 0.3) is 0 Å². The van der Waals surface area contributed by atoms with E-state index in [1.165, 1.54) is 0 Å². The largest absolute Gasteiger partial charge is 0.493 e. The molecule has 0 radical (unpaired) electrons. The Kier molecular flexibility index (Phi) is 6.49. The average molecular weight is 362 g/mol. The molecule has 1 aromatic carbocycles. The van der Waals surface area contributed by atoms with Crippen LogP contribution in [0.5, 0.6) is 11.5 Å². The molecule has 0 spiro atoms. The van der Waals surface area contributed by atoms with Gasteiger partial charge in [-0.05, 0) is 37.5 Å². The van der Waals surface area contributed by atoms with Crippen molar-refractivity contribution in [1.29, 1.82) is 0 Å². The molecule has 1 aliphatic heterocycles. The molecule has 0 aliphatic carbocycles. The van der Waals surface area contributed by atoms with Crippen LogP contribution in [0.15, 0.2) is 29.5 Å². The SMILES string of the molecule is CCOC(=O)C1=C(C(C)C)NC(=O)NC1c1ccc(OCC)c(OC)c1. The van der Waals surface area contributed by atoms with Gasteiger partial charge in [-0.3, -0.25) is 0 Å². The fourth-order valence-corrected chi connectivity index (χ4v) is 2.86. The predicted molar refractivity (Wildman–Crippen MR) is 97.1 cm³/mol. The second-order valence-electron chi connectivity index (χ2n) is 6.08. The van der Waals surface area contributed by atoms with Crippen LogP contribution in [0.3, 0.4) is 0 Å². The van der Waals surface area contributed by atoms with Gasteiger partial charge in [0, 0.05) is 5.70 Å². The van der Waals surface area contributed by atoms with Crippen LogP contribution in [0.4, 0.5) is 4.79 Å². The lowest BCUT2D eigenvalue weighted by Crippen LogP contribution is -2.47. The third-order valence-electron chi connectivity index (χ3n) is 4.00. The van der Waals surface area contributed by atoms with Crippen molar-refractivity contribution in [2.24, 2.45) is 5.92 Å². The van der Waals surface area contributed by atoms with Crippen LogP contribution in [0.1, 0.15) is 39.3 Å². The smallest absolute Gasteiger partial charge is 0.338 e. The minimum Gasteiger partial charge on any atom is -0.493 e. The maximum atomic E-state index is 12.6. The van der Waals surface area contributed by atoms with E-state index in [-0.39, 0.29) is 18.6 Å². The van der Waals surface area contributed by atoms with Gasteiger partial charge in [0.1, 0.15) is 0 Å². The monoisotopic (exact) mass is 362 g/mol. The standard InChI is InChI=1S/C19H26N2O5/c1-6-25-13-9-8-12(10-14(13)24-5)17-15(18(22)26-7-2)16(11(3)4)20-19(23)21-17/h8-11,17H,6-7H2,1-5H3,(H2,20,21,23). The third-order valence-corrected chi connectivity index (χ3v) is 4.00. The van der Waals surface area contributed by atoms with E-state index in [4.69, 9.17) is 14.2 Å². The summed E-state index contributed by atoms with van der Waals surface area (Å²) in [5, 5.41) is 5.54. The number of nitrogens with one attached hydrogen (secondary N) is 2. The van der Waals surface area contributed by atoms with Gasteiger partial charge in [0.15, 0.2) is 11.5 Å². The fourth-order valence-electron chi connectivity index (χ4n) is 2.86. The van der Waals surface area contributed by atoms with Gasteiger partial charge in [0.2, 0.25) is 0 Å². The lowest BCUT2D eigenvalue weighted by atomic mass is 9.91. The van der Waals surface area contributed by atoms with Crippen LogP contribution < -0.4 is 20.1 Å². The summed E-state index contributed by atoms with van der Waals surface area (Å²) in [5.41, 5.74) is 1.67. The van der Waals surface area contributed by atoms with Gasteiger partial charge < -0.3 is 24.8 Å². The molecule has 2 N–H and O–H groups in total. The zero-order valence-electron chi connectivity index (χ0n) is 15.8. The summed E-state index contributed by atoms with van der Waals surface area (Å²) in [4.78, 5) is 24.7. The van der Waals surface area contributed by atoms with Crippen molar-refractivity contribution in [2.75, 3.05) is 20.3 Å². The first-order chi connectivity index (χ1) is 12.4. The predicted octanol–water partition coefficient (Wildman–Crippen LogP) is 2.92. The maximum absolute atomic E-state index is 12.6. The highest BCUT2D eigenvalue weighted by Crippen LogP contribution is 2.35. The van der Waals surface area contributed by atoms with E-state index in [2.05, 4.69) is 10.6 Å². The number of rotatable bonds is 7. The van der Waals surface area contributed by atoms with Crippen LogP contribution >= 0.6 is 0 Å². The molecule has 26 heavy (non-hydrogen) atoms. The maximum Gasteiger partial charge on any atom is 0.338 e. The van der Waals surface area contributed by atoms with Gasteiger partial charge >= 0.3 is 12.0 Å². The zero-order chi connectivity index (χ0) is 19.3. The number of benzene rings is 1. The molecule has 0 fully saturated rings. The molecule has 1 heterocycles. The van der Waals surface area contributed by atoms with E-state index < -0.39 is 12.0 Å². The van der Waals surface area contributed by atoms with E-state index in [9.17, 15) is 9.59 Å². The van der Waals surface area contributed by atoms with E-state index in [0.29, 0.717) is 34.9 Å². The van der Waals surface area contributed by atoms with Crippen molar-refractivity contribution in [1.82, 2.24) is 10.6 Å². The molecule has 2 amide bonds. The molecule has 142 valence electrons. The van der Waals surface area contributed by atoms with Crippen LogP contribution in [0.2, 0.25) is 0 Å². The topological polar surface area (TPSA) is 85.9 Å². The van der Waals surface area contributed by atoms with Gasteiger partial charge in [-0.2, -0.15) is 0 Å². The molecule has 0 saturated heterocycles. The molecule has 2 rings (SSSR count). The van der Waals surface area contributed by atoms with Gasteiger partial charge in [0.05, 0.1) is 31.9 Å². The highest BCUT2D eigenvalue weighted by atomic mass is 16.5. The quantitative estimate of drug-likeness (QED) is 0.729. The minimum absolute atomic E-state index is 0.0486. The number of esters is 1. The average Bonchev–Trinajstić information content (AvgIpc) is 2.61. The molecular weight excluding hydrogens is 336 g/mol. The van der Waals surface area contributed by atoms with Crippen molar-refractivity contribution in [3.05, 3.63) is 35.0 Å². The van der Waals surface area contributed by atoms with Crippen LogP contribution in [0, 0.1) is 5.92 Å². The summed E-state index contributed by atoms with van der Waals surface area (Å²) < 4.78 is 16.1. The summed E-state index contributed by atoms with van der Waals surface area (Å²) in [6, 6.07) is 4.34. The Morgan fingerprint density at radius 2 is 1.92 bits per heavy atom. The molecule has 1 unspecified atom stereocenters. The summed E-state index contributed by atoms with van der Waals surface area (Å²) >= 11 is 0. The van der Waals surface area contributed by atoms with Crippen molar-refractivity contribution >= 4 is 12.0 Å². The number of ether oxygens (including phenoxy) is 3. The number of carbonyl (C=O) groups is 2. The summed E-state index contributed by atoms with van der Waals surface area (Å²) in [5.74, 6) is 0.630. The molecule has 1 aromatic rings. The Labute approximate surface area is 153 Å². The second-order valence-corrected chi connectivity index (χ2v) is 6.08.